The van der Waals surface area contributed by atoms with E-state index in [9.17, 15) is 8.42 Å². The van der Waals surface area contributed by atoms with Gasteiger partial charge in [-0.2, -0.15) is 0 Å². The Morgan fingerprint density at radius 2 is 1.52 bits per heavy atom. The molecule has 0 aliphatic carbocycles. The molecule has 0 saturated carbocycles. The number of aromatic nitrogens is 2. The second kappa shape index (κ2) is 7.17. The van der Waals surface area contributed by atoms with Crippen molar-refractivity contribution in [2.24, 2.45) is 0 Å². The molecular weight excluding hydrogens is 358 g/mol. The van der Waals surface area contributed by atoms with Crippen LogP contribution < -0.4 is 4.72 Å². The van der Waals surface area contributed by atoms with Crippen LogP contribution in [0.3, 0.4) is 0 Å². The highest BCUT2D eigenvalue weighted by Gasteiger charge is 2.20. The quantitative estimate of drug-likeness (QED) is 0.572. The van der Waals surface area contributed by atoms with Gasteiger partial charge in [-0.1, -0.05) is 54.6 Å². The molecule has 2 aromatic heterocycles. The fourth-order valence-corrected chi connectivity index (χ4v) is 4.20. The second-order valence-corrected chi connectivity index (χ2v) is 7.76. The summed E-state index contributed by atoms with van der Waals surface area (Å²) in [6.45, 7) is 0. The number of benzene rings is 2. The normalized spacial score (nSPS) is 11.4. The van der Waals surface area contributed by atoms with Crippen molar-refractivity contribution in [1.29, 1.82) is 0 Å². The van der Waals surface area contributed by atoms with Crippen LogP contribution in [0.1, 0.15) is 11.1 Å². The van der Waals surface area contributed by atoms with Gasteiger partial charge in [-0.05, 0) is 29.3 Å². The molecule has 2 heterocycles. The van der Waals surface area contributed by atoms with E-state index in [0.717, 1.165) is 16.5 Å². The molecule has 4 rings (SSSR count). The van der Waals surface area contributed by atoms with Crippen molar-refractivity contribution in [3.05, 3.63) is 96.3 Å². The molecular formula is C21H17N3O2S. The summed E-state index contributed by atoms with van der Waals surface area (Å²) in [6, 6.07) is 22.3. The van der Waals surface area contributed by atoms with Gasteiger partial charge in [0, 0.05) is 24.2 Å². The van der Waals surface area contributed by atoms with Crippen molar-refractivity contribution in [2.75, 3.05) is 4.72 Å². The molecule has 0 aliphatic rings. The van der Waals surface area contributed by atoms with Gasteiger partial charge in [-0.25, -0.2) is 13.4 Å². The lowest BCUT2D eigenvalue weighted by Crippen LogP contribution is -2.16. The fourth-order valence-electron chi connectivity index (χ4n) is 2.96. The van der Waals surface area contributed by atoms with Crippen LogP contribution in [0, 0.1) is 0 Å². The summed E-state index contributed by atoms with van der Waals surface area (Å²) in [5.41, 5.74) is 2.33. The van der Waals surface area contributed by atoms with E-state index >= 15 is 0 Å². The summed E-state index contributed by atoms with van der Waals surface area (Å²) in [6.07, 6.45) is 3.75. The number of para-hydroxylation sites is 1. The van der Waals surface area contributed by atoms with E-state index < -0.39 is 10.0 Å². The molecule has 5 nitrogen and oxygen atoms in total. The average Bonchev–Trinajstić information content (AvgIpc) is 2.70. The number of nitrogens with zero attached hydrogens (tertiary/aromatic N) is 2. The lowest BCUT2D eigenvalue weighted by Gasteiger charge is -2.12. The van der Waals surface area contributed by atoms with E-state index in [1.807, 2.05) is 48.5 Å². The van der Waals surface area contributed by atoms with Gasteiger partial charge in [0.1, 0.15) is 10.7 Å². The van der Waals surface area contributed by atoms with Gasteiger partial charge in [-0.3, -0.25) is 9.71 Å². The third-order valence-corrected chi connectivity index (χ3v) is 5.62. The number of hydrogen-bond donors (Lipinski definition) is 1. The Kier molecular flexibility index (Phi) is 4.56. The zero-order valence-corrected chi connectivity index (χ0v) is 15.2. The third-order valence-electron chi connectivity index (χ3n) is 4.24. The summed E-state index contributed by atoms with van der Waals surface area (Å²) in [4.78, 5) is 8.63. The average molecular weight is 375 g/mol. The van der Waals surface area contributed by atoms with Gasteiger partial charge in [-0.15, -0.1) is 0 Å². The highest BCUT2D eigenvalue weighted by molar-refractivity contribution is 7.93. The maximum Gasteiger partial charge on any atom is 0.265 e. The van der Waals surface area contributed by atoms with Crippen LogP contribution in [-0.4, -0.2) is 18.4 Å². The summed E-state index contributed by atoms with van der Waals surface area (Å²) in [5.74, 6) is 0.328. The maximum atomic E-state index is 13.0. The summed E-state index contributed by atoms with van der Waals surface area (Å²) >= 11 is 0. The Labute approximate surface area is 157 Å². The van der Waals surface area contributed by atoms with Gasteiger partial charge in [0.15, 0.2) is 0 Å². The van der Waals surface area contributed by atoms with E-state index in [4.69, 9.17) is 0 Å². The summed E-state index contributed by atoms with van der Waals surface area (Å²) in [5, 5.41) is 0.769. The number of hydrogen-bond acceptors (Lipinski definition) is 4. The molecule has 0 amide bonds. The predicted molar refractivity (Wildman–Crippen MR) is 106 cm³/mol. The number of pyridine rings is 2. The molecule has 0 saturated heterocycles. The van der Waals surface area contributed by atoms with E-state index in [0.29, 0.717) is 17.8 Å². The number of sulfonamides is 1. The fraction of sp³-hybridized carbons (Fsp3) is 0.0476. The van der Waals surface area contributed by atoms with E-state index in [1.54, 1.807) is 36.7 Å². The third kappa shape index (κ3) is 3.66. The molecule has 0 spiro atoms. The molecule has 27 heavy (non-hydrogen) atoms. The van der Waals surface area contributed by atoms with Crippen molar-refractivity contribution in [2.45, 2.75) is 11.3 Å². The van der Waals surface area contributed by atoms with E-state index in [2.05, 4.69) is 14.7 Å². The molecule has 0 aliphatic heterocycles. The number of anilines is 1. The van der Waals surface area contributed by atoms with Gasteiger partial charge < -0.3 is 0 Å². The molecule has 2 aromatic carbocycles. The van der Waals surface area contributed by atoms with Crippen LogP contribution in [-0.2, 0) is 16.4 Å². The molecule has 134 valence electrons. The predicted octanol–water partition coefficient (Wildman–Crippen LogP) is 4.02. The topological polar surface area (TPSA) is 72.0 Å². The first kappa shape index (κ1) is 17.2. The van der Waals surface area contributed by atoms with Crippen molar-refractivity contribution in [1.82, 2.24) is 9.97 Å². The van der Waals surface area contributed by atoms with Crippen LogP contribution in [0.5, 0.6) is 0 Å². The second-order valence-electron chi connectivity index (χ2n) is 6.11. The van der Waals surface area contributed by atoms with Crippen molar-refractivity contribution < 1.29 is 8.42 Å². The molecule has 0 fully saturated rings. The number of rotatable bonds is 5. The minimum absolute atomic E-state index is 0.136. The Balaban J connectivity index is 1.71. The molecule has 4 aromatic rings. The molecule has 0 unspecified atom stereocenters. The SMILES string of the molecule is O=S(=O)(Nc1ncccc1Cc1ccccc1)c1cccc2cccnc12. The van der Waals surface area contributed by atoms with Crippen LogP contribution in [0.25, 0.3) is 10.9 Å². The largest absolute Gasteiger partial charge is 0.265 e. The van der Waals surface area contributed by atoms with Crippen LogP contribution in [0.2, 0.25) is 0 Å². The first-order valence-corrected chi connectivity index (χ1v) is 9.96. The molecule has 6 heteroatoms. The van der Waals surface area contributed by atoms with Gasteiger partial charge in [0.05, 0.1) is 5.52 Å². The standard InChI is InChI=1S/C21H17N3O2S/c25-27(26,19-12-4-9-17-10-5-13-22-20(17)19)24-21-18(11-6-14-23-21)15-16-7-2-1-3-8-16/h1-14H,15H2,(H,23,24). The first-order valence-electron chi connectivity index (χ1n) is 8.48. The summed E-state index contributed by atoms with van der Waals surface area (Å²) in [7, 11) is -3.83. The van der Waals surface area contributed by atoms with Crippen LogP contribution in [0.4, 0.5) is 5.82 Å². The van der Waals surface area contributed by atoms with Gasteiger partial charge >= 0.3 is 0 Å². The zero-order chi connectivity index (χ0) is 18.7. The summed E-state index contributed by atoms with van der Waals surface area (Å²) < 4.78 is 28.7. The zero-order valence-electron chi connectivity index (χ0n) is 14.4. The lowest BCUT2D eigenvalue weighted by atomic mass is 10.1. The van der Waals surface area contributed by atoms with Crippen LogP contribution in [0.15, 0.2) is 90.1 Å². The number of nitrogens with one attached hydrogen (secondary N) is 1. The van der Waals surface area contributed by atoms with E-state index in [1.165, 1.54) is 0 Å². The highest BCUT2D eigenvalue weighted by Crippen LogP contribution is 2.24. The smallest absolute Gasteiger partial charge is 0.263 e. The Hall–Kier alpha value is -3.25. The molecule has 0 radical (unpaired) electrons. The minimum Gasteiger partial charge on any atom is -0.263 e. The minimum atomic E-state index is -3.83. The van der Waals surface area contributed by atoms with Crippen molar-refractivity contribution in [3.63, 3.8) is 0 Å². The van der Waals surface area contributed by atoms with Crippen molar-refractivity contribution >= 4 is 26.7 Å². The molecule has 1 N–H and O–H groups in total. The maximum absolute atomic E-state index is 13.0. The van der Waals surface area contributed by atoms with Gasteiger partial charge in [0.2, 0.25) is 0 Å². The van der Waals surface area contributed by atoms with Crippen LogP contribution >= 0.6 is 0 Å². The molecule has 0 bridgehead atoms. The lowest BCUT2D eigenvalue weighted by molar-refractivity contribution is 0.601. The number of fused-ring (bicyclic) bond motifs is 1. The Morgan fingerprint density at radius 1 is 0.778 bits per heavy atom. The Morgan fingerprint density at radius 3 is 2.37 bits per heavy atom. The monoisotopic (exact) mass is 375 g/mol. The first-order chi connectivity index (χ1) is 13.1. The highest BCUT2D eigenvalue weighted by atomic mass is 32.2. The Bertz CT molecular complexity index is 1190. The van der Waals surface area contributed by atoms with Crippen molar-refractivity contribution in [3.8, 4) is 0 Å². The van der Waals surface area contributed by atoms with E-state index in [-0.39, 0.29) is 4.90 Å². The molecule has 0 atom stereocenters. The van der Waals surface area contributed by atoms with Gasteiger partial charge in [0.25, 0.3) is 10.0 Å².